The van der Waals surface area contributed by atoms with Crippen LogP contribution in [0.2, 0.25) is 0 Å². The Bertz CT molecular complexity index is 374. The van der Waals surface area contributed by atoms with E-state index in [1.165, 1.54) is 0 Å². The summed E-state index contributed by atoms with van der Waals surface area (Å²) >= 11 is 2.20. The second-order valence-corrected chi connectivity index (χ2v) is 5.42. The maximum atomic E-state index is 11.4. The molecule has 90 valence electrons. The molecule has 0 radical (unpaired) electrons. The average molecular weight is 335 g/mol. The second-order valence-electron chi connectivity index (χ2n) is 4.17. The topological polar surface area (TPSA) is 31.2 Å². The molecule has 0 unspecified atom stereocenters. The molecule has 0 N–H and O–H groups in total. The minimum absolute atomic E-state index is 0.0351. The zero-order valence-electron chi connectivity index (χ0n) is 9.78. The molecule has 0 fully saturated rings. The highest BCUT2D eigenvalue weighted by molar-refractivity contribution is 14.1. The summed E-state index contributed by atoms with van der Waals surface area (Å²) in [7, 11) is 0. The summed E-state index contributed by atoms with van der Waals surface area (Å²) < 4.78 is 8.24. The van der Waals surface area contributed by atoms with Gasteiger partial charge in [-0.2, -0.15) is 0 Å². The van der Waals surface area contributed by atoms with Crippen LogP contribution in [0.1, 0.15) is 20.3 Å². The Labute approximate surface area is 110 Å². The molecule has 3 nitrogen and oxygen atoms in total. The van der Waals surface area contributed by atoms with Crippen molar-refractivity contribution in [1.29, 1.82) is 0 Å². The highest BCUT2D eigenvalue weighted by Crippen LogP contribution is 2.01. The predicted octanol–water partition coefficient (Wildman–Crippen LogP) is 2.52. The van der Waals surface area contributed by atoms with E-state index in [4.69, 9.17) is 4.74 Å². The summed E-state index contributed by atoms with van der Waals surface area (Å²) in [4.78, 5) is 11.4. The molecular weight excluding hydrogens is 317 g/mol. The van der Waals surface area contributed by atoms with E-state index in [2.05, 4.69) is 36.4 Å². The van der Waals surface area contributed by atoms with Crippen LogP contribution in [0.4, 0.5) is 0 Å². The first kappa shape index (κ1) is 13.7. The minimum Gasteiger partial charge on any atom is -0.380 e. The Morgan fingerprint density at radius 2 is 2.12 bits per heavy atom. The van der Waals surface area contributed by atoms with Crippen molar-refractivity contribution in [2.45, 2.75) is 26.8 Å². The van der Waals surface area contributed by atoms with Crippen molar-refractivity contribution in [1.82, 2.24) is 4.57 Å². The zero-order chi connectivity index (χ0) is 12.0. The van der Waals surface area contributed by atoms with Gasteiger partial charge in [0.1, 0.15) is 0 Å². The van der Waals surface area contributed by atoms with E-state index in [-0.39, 0.29) is 5.56 Å². The standard InChI is InChI=1S/C12H18INO2/c1-10(2)5-7-16-8-6-14-9-11(13)3-4-12(14)15/h3-4,9-10H,5-8H2,1-2H3. The van der Waals surface area contributed by atoms with Gasteiger partial charge in [0.15, 0.2) is 0 Å². The minimum atomic E-state index is 0.0351. The molecule has 0 aliphatic heterocycles. The van der Waals surface area contributed by atoms with Crippen LogP contribution >= 0.6 is 22.6 Å². The van der Waals surface area contributed by atoms with Crippen molar-refractivity contribution in [3.8, 4) is 0 Å². The molecular formula is C12H18INO2. The van der Waals surface area contributed by atoms with Gasteiger partial charge in [-0.1, -0.05) is 13.8 Å². The van der Waals surface area contributed by atoms with E-state index in [0.717, 1.165) is 16.6 Å². The van der Waals surface area contributed by atoms with E-state index in [9.17, 15) is 4.79 Å². The fourth-order valence-electron chi connectivity index (χ4n) is 1.26. The van der Waals surface area contributed by atoms with Crippen molar-refractivity contribution in [3.63, 3.8) is 0 Å². The van der Waals surface area contributed by atoms with Crippen LogP contribution < -0.4 is 5.56 Å². The van der Waals surface area contributed by atoms with Gasteiger partial charge in [0.05, 0.1) is 6.61 Å². The zero-order valence-corrected chi connectivity index (χ0v) is 11.9. The molecule has 0 atom stereocenters. The van der Waals surface area contributed by atoms with Crippen LogP contribution in [0.5, 0.6) is 0 Å². The van der Waals surface area contributed by atoms with E-state index in [0.29, 0.717) is 19.1 Å². The number of rotatable bonds is 6. The Balaban J connectivity index is 2.32. The monoisotopic (exact) mass is 335 g/mol. The quantitative estimate of drug-likeness (QED) is 0.591. The molecule has 1 rings (SSSR count). The van der Waals surface area contributed by atoms with Gasteiger partial charge in [0, 0.05) is 29.0 Å². The Morgan fingerprint density at radius 3 is 2.81 bits per heavy atom. The lowest BCUT2D eigenvalue weighted by molar-refractivity contribution is 0.115. The van der Waals surface area contributed by atoms with Crippen molar-refractivity contribution in [2.24, 2.45) is 5.92 Å². The van der Waals surface area contributed by atoms with E-state index in [1.807, 2.05) is 12.3 Å². The largest absolute Gasteiger partial charge is 0.380 e. The third-order valence-corrected chi connectivity index (χ3v) is 2.90. The molecule has 0 amide bonds. The van der Waals surface area contributed by atoms with E-state index >= 15 is 0 Å². The Morgan fingerprint density at radius 1 is 1.38 bits per heavy atom. The third kappa shape index (κ3) is 5.12. The van der Waals surface area contributed by atoms with Gasteiger partial charge in [0.2, 0.25) is 0 Å². The number of ether oxygens (including phenoxy) is 1. The number of hydrogen-bond donors (Lipinski definition) is 0. The van der Waals surface area contributed by atoms with Crippen molar-refractivity contribution >= 4 is 22.6 Å². The van der Waals surface area contributed by atoms with Crippen LogP contribution in [0, 0.1) is 9.49 Å². The summed E-state index contributed by atoms with van der Waals surface area (Å²) in [6, 6.07) is 3.41. The number of halogens is 1. The fourth-order valence-corrected chi connectivity index (χ4v) is 1.78. The number of nitrogens with zero attached hydrogens (tertiary/aromatic N) is 1. The summed E-state index contributed by atoms with van der Waals surface area (Å²) in [5.74, 6) is 0.667. The summed E-state index contributed by atoms with van der Waals surface area (Å²) in [6.45, 7) is 6.36. The maximum absolute atomic E-state index is 11.4. The van der Waals surface area contributed by atoms with Crippen LogP contribution in [0.25, 0.3) is 0 Å². The third-order valence-electron chi connectivity index (χ3n) is 2.26. The normalized spacial score (nSPS) is 11.0. The average Bonchev–Trinajstić information content (AvgIpc) is 2.22. The summed E-state index contributed by atoms with van der Waals surface area (Å²) in [5.41, 5.74) is 0.0351. The summed E-state index contributed by atoms with van der Waals surface area (Å²) in [6.07, 6.45) is 2.93. The molecule has 16 heavy (non-hydrogen) atoms. The first-order valence-electron chi connectivity index (χ1n) is 5.53. The highest BCUT2D eigenvalue weighted by Gasteiger charge is 1.98. The molecule has 1 aromatic rings. The van der Waals surface area contributed by atoms with E-state index in [1.54, 1.807) is 10.6 Å². The molecule has 0 saturated heterocycles. The molecule has 0 aliphatic rings. The predicted molar refractivity (Wildman–Crippen MR) is 73.7 cm³/mol. The number of hydrogen-bond acceptors (Lipinski definition) is 2. The SMILES string of the molecule is CC(C)CCOCCn1cc(I)ccc1=O. The van der Waals surface area contributed by atoms with Gasteiger partial charge in [-0.15, -0.1) is 0 Å². The van der Waals surface area contributed by atoms with Gasteiger partial charge in [-0.3, -0.25) is 4.79 Å². The van der Waals surface area contributed by atoms with Gasteiger partial charge < -0.3 is 9.30 Å². The molecule has 0 aliphatic carbocycles. The second kappa shape index (κ2) is 7.06. The Kier molecular flexibility index (Phi) is 6.05. The van der Waals surface area contributed by atoms with Crippen molar-refractivity contribution in [3.05, 3.63) is 32.3 Å². The fraction of sp³-hybridized carbons (Fsp3) is 0.583. The number of aromatic nitrogens is 1. The van der Waals surface area contributed by atoms with Crippen LogP contribution in [-0.2, 0) is 11.3 Å². The molecule has 1 aromatic heterocycles. The van der Waals surface area contributed by atoms with Gasteiger partial charge in [-0.25, -0.2) is 0 Å². The molecule has 0 saturated carbocycles. The Hall–Kier alpha value is -0.360. The first-order chi connectivity index (χ1) is 7.59. The molecule has 1 heterocycles. The van der Waals surface area contributed by atoms with Gasteiger partial charge >= 0.3 is 0 Å². The van der Waals surface area contributed by atoms with Crippen LogP contribution in [-0.4, -0.2) is 17.8 Å². The molecule has 0 spiro atoms. The molecule has 0 aromatic carbocycles. The lowest BCUT2D eigenvalue weighted by Gasteiger charge is -2.08. The van der Waals surface area contributed by atoms with Crippen LogP contribution in [0.3, 0.4) is 0 Å². The smallest absolute Gasteiger partial charge is 0.250 e. The lowest BCUT2D eigenvalue weighted by atomic mass is 10.1. The maximum Gasteiger partial charge on any atom is 0.250 e. The van der Waals surface area contributed by atoms with E-state index < -0.39 is 0 Å². The van der Waals surface area contributed by atoms with Gasteiger partial charge in [-0.05, 0) is 41.0 Å². The molecule has 4 heteroatoms. The van der Waals surface area contributed by atoms with Crippen LogP contribution in [0.15, 0.2) is 23.1 Å². The van der Waals surface area contributed by atoms with Crippen molar-refractivity contribution in [2.75, 3.05) is 13.2 Å². The lowest BCUT2D eigenvalue weighted by Crippen LogP contribution is -2.21. The highest BCUT2D eigenvalue weighted by atomic mass is 127. The molecule has 0 bridgehead atoms. The van der Waals surface area contributed by atoms with Crippen molar-refractivity contribution < 1.29 is 4.74 Å². The first-order valence-corrected chi connectivity index (χ1v) is 6.61. The van der Waals surface area contributed by atoms with Gasteiger partial charge in [0.25, 0.3) is 5.56 Å². The number of pyridine rings is 1. The summed E-state index contributed by atoms with van der Waals surface area (Å²) in [5, 5.41) is 0.